The predicted molar refractivity (Wildman–Crippen MR) is 118 cm³/mol. The van der Waals surface area contributed by atoms with Gasteiger partial charge >= 0.3 is 0 Å². The molecule has 1 aliphatic rings. The number of nitrogens with zero attached hydrogens (tertiary/aromatic N) is 2. The number of hydrogen-bond acceptors (Lipinski definition) is 4. The van der Waals surface area contributed by atoms with Gasteiger partial charge in [0.25, 0.3) is 5.56 Å². The average molecular weight is 457 g/mol. The standard InChI is InChI=1S/C24H25F2N3O4/c1-33-21-6-5-16(11-19(21)26)23(31)15-7-9-28(10-8-15)22(30)4-2-3-18-14-29-13-17(25)12-20(29)24(32)27-18/h5-6,11-15H,2-4,7-10H2,1H3,(H,27,32). The molecule has 0 bridgehead atoms. The van der Waals surface area contributed by atoms with Crippen LogP contribution in [0.4, 0.5) is 8.78 Å². The van der Waals surface area contributed by atoms with Crippen LogP contribution in [0.1, 0.15) is 41.7 Å². The van der Waals surface area contributed by atoms with Crippen molar-refractivity contribution in [3.63, 3.8) is 0 Å². The van der Waals surface area contributed by atoms with Crippen LogP contribution < -0.4 is 10.3 Å². The van der Waals surface area contributed by atoms with Crippen LogP contribution in [0.15, 0.2) is 41.5 Å². The molecular formula is C24H25F2N3O4. The second-order valence-corrected chi connectivity index (χ2v) is 8.28. The quantitative estimate of drug-likeness (QED) is 0.552. The van der Waals surface area contributed by atoms with Crippen LogP contribution in [0.5, 0.6) is 5.75 Å². The summed E-state index contributed by atoms with van der Waals surface area (Å²) < 4.78 is 33.6. The van der Waals surface area contributed by atoms with Gasteiger partial charge in [0, 0.05) is 55.1 Å². The molecule has 0 saturated carbocycles. The van der Waals surface area contributed by atoms with Gasteiger partial charge < -0.3 is 19.0 Å². The van der Waals surface area contributed by atoms with Crippen molar-refractivity contribution in [2.45, 2.75) is 32.1 Å². The molecule has 33 heavy (non-hydrogen) atoms. The Morgan fingerprint density at radius 2 is 1.91 bits per heavy atom. The lowest BCUT2D eigenvalue weighted by Crippen LogP contribution is -2.40. The molecule has 1 fully saturated rings. The number of piperidine rings is 1. The average Bonchev–Trinajstić information content (AvgIpc) is 3.19. The van der Waals surface area contributed by atoms with Crippen molar-refractivity contribution in [2.75, 3.05) is 20.2 Å². The van der Waals surface area contributed by atoms with Crippen molar-refractivity contribution in [2.24, 2.45) is 5.92 Å². The number of nitrogens with one attached hydrogen (secondary N) is 1. The number of H-pyrrole nitrogens is 1. The zero-order chi connectivity index (χ0) is 23.5. The van der Waals surface area contributed by atoms with Gasteiger partial charge in [0.1, 0.15) is 11.3 Å². The lowest BCUT2D eigenvalue weighted by Gasteiger charge is -2.31. The van der Waals surface area contributed by atoms with Crippen molar-refractivity contribution >= 4 is 17.2 Å². The third kappa shape index (κ3) is 4.97. The molecule has 2 aromatic heterocycles. The fraction of sp³-hybridized carbons (Fsp3) is 0.375. The zero-order valence-electron chi connectivity index (χ0n) is 18.3. The number of carbonyl (C=O) groups is 2. The van der Waals surface area contributed by atoms with Gasteiger partial charge in [-0.1, -0.05) is 0 Å². The number of amides is 1. The number of aryl methyl sites for hydroxylation is 1. The van der Waals surface area contributed by atoms with E-state index in [4.69, 9.17) is 4.74 Å². The number of ether oxygens (including phenoxy) is 1. The minimum Gasteiger partial charge on any atom is -0.494 e. The molecule has 174 valence electrons. The number of benzene rings is 1. The summed E-state index contributed by atoms with van der Waals surface area (Å²) in [4.78, 5) is 41.8. The minimum absolute atomic E-state index is 0.00757. The lowest BCUT2D eigenvalue weighted by molar-refractivity contribution is -0.132. The highest BCUT2D eigenvalue weighted by molar-refractivity contribution is 5.98. The van der Waals surface area contributed by atoms with Crippen LogP contribution >= 0.6 is 0 Å². The topological polar surface area (TPSA) is 83.9 Å². The van der Waals surface area contributed by atoms with Gasteiger partial charge in [-0.15, -0.1) is 0 Å². The van der Waals surface area contributed by atoms with Gasteiger partial charge in [-0.3, -0.25) is 14.4 Å². The van der Waals surface area contributed by atoms with Crippen LogP contribution in [0.3, 0.4) is 0 Å². The van der Waals surface area contributed by atoms with E-state index in [1.807, 2.05) is 0 Å². The number of fused-ring (bicyclic) bond motifs is 1. The van der Waals surface area contributed by atoms with E-state index in [0.717, 1.165) is 0 Å². The van der Waals surface area contributed by atoms with Crippen molar-refractivity contribution in [3.05, 3.63) is 69.9 Å². The molecule has 0 unspecified atom stereocenters. The van der Waals surface area contributed by atoms with Gasteiger partial charge in [-0.25, -0.2) is 8.78 Å². The first-order valence-corrected chi connectivity index (χ1v) is 10.9. The molecule has 1 amide bonds. The van der Waals surface area contributed by atoms with Gasteiger partial charge in [0.15, 0.2) is 17.3 Å². The van der Waals surface area contributed by atoms with E-state index >= 15 is 0 Å². The third-order valence-electron chi connectivity index (χ3n) is 6.11. The summed E-state index contributed by atoms with van der Waals surface area (Å²) in [6, 6.07) is 5.37. The first-order valence-electron chi connectivity index (χ1n) is 10.9. The summed E-state index contributed by atoms with van der Waals surface area (Å²) in [5, 5.41) is 0. The Kier molecular flexibility index (Phi) is 6.57. The molecule has 0 spiro atoms. The molecule has 0 atom stereocenters. The van der Waals surface area contributed by atoms with E-state index in [1.165, 1.54) is 35.9 Å². The number of aromatic amines is 1. The summed E-state index contributed by atoms with van der Waals surface area (Å²) >= 11 is 0. The summed E-state index contributed by atoms with van der Waals surface area (Å²) in [5.41, 5.74) is 0.812. The molecule has 7 nitrogen and oxygen atoms in total. The van der Waals surface area contributed by atoms with Crippen LogP contribution in [0.25, 0.3) is 5.52 Å². The molecule has 0 aliphatic carbocycles. The molecule has 0 radical (unpaired) electrons. The van der Waals surface area contributed by atoms with E-state index in [2.05, 4.69) is 4.98 Å². The molecule has 1 N–H and O–H groups in total. The number of aromatic nitrogens is 2. The Labute approximate surface area is 189 Å². The smallest absolute Gasteiger partial charge is 0.272 e. The third-order valence-corrected chi connectivity index (χ3v) is 6.11. The number of methoxy groups -OCH3 is 1. The fourth-order valence-electron chi connectivity index (χ4n) is 4.31. The van der Waals surface area contributed by atoms with Crippen LogP contribution in [-0.2, 0) is 11.2 Å². The Balaban J connectivity index is 1.27. The summed E-state index contributed by atoms with van der Waals surface area (Å²) in [6.45, 7) is 0.943. The molecule has 3 heterocycles. The number of Topliss-reactive ketones (excluding diaryl/α,β-unsaturated/α-hetero) is 1. The van der Waals surface area contributed by atoms with E-state index in [1.54, 1.807) is 17.2 Å². The second kappa shape index (κ2) is 9.56. The van der Waals surface area contributed by atoms with E-state index in [9.17, 15) is 23.2 Å². The molecule has 3 aromatic rings. The van der Waals surface area contributed by atoms with E-state index in [0.29, 0.717) is 56.5 Å². The SMILES string of the molecule is COc1ccc(C(=O)C2CCN(C(=O)CCCc3cn4cc(F)cc4c(=O)[nH]3)CC2)cc1F. The highest BCUT2D eigenvalue weighted by Gasteiger charge is 2.28. The van der Waals surface area contributed by atoms with Crippen LogP contribution in [0.2, 0.25) is 0 Å². The molecular weight excluding hydrogens is 432 g/mol. The summed E-state index contributed by atoms with van der Waals surface area (Å²) in [5.74, 6) is -1.33. The van der Waals surface area contributed by atoms with Crippen molar-refractivity contribution in [1.82, 2.24) is 14.3 Å². The Morgan fingerprint density at radius 1 is 1.15 bits per heavy atom. The van der Waals surface area contributed by atoms with Gasteiger partial charge in [0.2, 0.25) is 5.91 Å². The van der Waals surface area contributed by atoms with Gasteiger partial charge in [-0.2, -0.15) is 0 Å². The number of rotatable bonds is 7. The number of halogens is 2. The lowest BCUT2D eigenvalue weighted by atomic mass is 9.88. The van der Waals surface area contributed by atoms with E-state index < -0.39 is 11.6 Å². The van der Waals surface area contributed by atoms with Crippen LogP contribution in [-0.4, -0.2) is 46.2 Å². The highest BCUT2D eigenvalue weighted by Crippen LogP contribution is 2.25. The number of hydrogen-bond donors (Lipinski definition) is 1. The highest BCUT2D eigenvalue weighted by atomic mass is 19.1. The van der Waals surface area contributed by atoms with Gasteiger partial charge in [-0.05, 0) is 43.9 Å². The zero-order valence-corrected chi connectivity index (χ0v) is 18.3. The Morgan fingerprint density at radius 3 is 2.61 bits per heavy atom. The van der Waals surface area contributed by atoms with E-state index in [-0.39, 0.29) is 34.4 Å². The first-order chi connectivity index (χ1) is 15.9. The minimum atomic E-state index is -0.571. The molecule has 4 rings (SSSR count). The maximum absolute atomic E-state index is 13.9. The fourth-order valence-corrected chi connectivity index (χ4v) is 4.31. The summed E-state index contributed by atoms with van der Waals surface area (Å²) in [7, 11) is 1.37. The molecule has 1 saturated heterocycles. The Bertz CT molecular complexity index is 1240. The normalized spacial score (nSPS) is 14.6. The van der Waals surface area contributed by atoms with Gasteiger partial charge in [0.05, 0.1) is 7.11 Å². The molecule has 9 heteroatoms. The Hall–Kier alpha value is -3.49. The van der Waals surface area contributed by atoms with Crippen LogP contribution in [0, 0.1) is 17.6 Å². The van der Waals surface area contributed by atoms with Crippen molar-refractivity contribution in [3.8, 4) is 5.75 Å². The second-order valence-electron chi connectivity index (χ2n) is 8.28. The van der Waals surface area contributed by atoms with Crippen molar-refractivity contribution < 1.29 is 23.1 Å². The monoisotopic (exact) mass is 457 g/mol. The number of likely N-dealkylation sites (tertiary alicyclic amines) is 1. The predicted octanol–water partition coefficient (Wildman–Crippen LogP) is 3.36. The number of ketones is 1. The largest absolute Gasteiger partial charge is 0.494 e. The number of carbonyl (C=O) groups excluding carboxylic acids is 2. The molecule has 1 aromatic carbocycles. The summed E-state index contributed by atoms with van der Waals surface area (Å²) in [6.07, 6.45) is 5.28. The maximum atomic E-state index is 13.9. The first kappa shape index (κ1) is 22.7. The van der Waals surface area contributed by atoms with Crippen molar-refractivity contribution in [1.29, 1.82) is 0 Å². The maximum Gasteiger partial charge on any atom is 0.272 e. The molecule has 1 aliphatic heterocycles.